The molecule has 0 saturated carbocycles. The molecule has 2 amide bonds. The van der Waals surface area contributed by atoms with Gasteiger partial charge in [0, 0.05) is 30.1 Å². The number of nitrogens with one attached hydrogen (secondary N) is 2. The largest absolute Gasteiger partial charge is 0.338 e. The number of carbonyl (C=O) groups is 1. The van der Waals surface area contributed by atoms with Crippen LogP contribution in [0.1, 0.15) is 6.42 Å². The number of thioether (sulfide) groups is 1. The zero-order chi connectivity index (χ0) is 13.3. The molecular formula is C12H14N4OS2. The van der Waals surface area contributed by atoms with Gasteiger partial charge >= 0.3 is 6.03 Å². The molecule has 0 aliphatic rings. The lowest BCUT2D eigenvalue weighted by Crippen LogP contribution is -2.29. The number of rotatable bonds is 6. The third kappa shape index (κ3) is 5.27. The minimum atomic E-state index is -0.202. The first-order valence-corrected chi connectivity index (χ1v) is 7.68. The highest BCUT2D eigenvalue weighted by Crippen LogP contribution is 2.20. The first kappa shape index (κ1) is 13.8. The fraction of sp³-hybridized carbons (Fsp3) is 0.250. The summed E-state index contributed by atoms with van der Waals surface area (Å²) in [5.74, 6) is 0.945. The summed E-state index contributed by atoms with van der Waals surface area (Å²) in [7, 11) is 0. The van der Waals surface area contributed by atoms with Crippen molar-refractivity contribution in [3.63, 3.8) is 0 Å². The van der Waals surface area contributed by atoms with Gasteiger partial charge in [0.1, 0.15) is 4.34 Å². The van der Waals surface area contributed by atoms with E-state index in [0.29, 0.717) is 12.2 Å². The van der Waals surface area contributed by atoms with Gasteiger partial charge in [0.15, 0.2) is 0 Å². The molecule has 7 heteroatoms. The van der Waals surface area contributed by atoms with Crippen LogP contribution >= 0.6 is 23.1 Å². The Morgan fingerprint density at radius 3 is 3.11 bits per heavy atom. The molecule has 0 radical (unpaired) electrons. The number of hydrogen-bond donors (Lipinski definition) is 2. The molecule has 2 rings (SSSR count). The van der Waals surface area contributed by atoms with Crippen molar-refractivity contribution in [3.05, 3.63) is 36.1 Å². The Morgan fingerprint density at radius 2 is 2.37 bits per heavy atom. The maximum Gasteiger partial charge on any atom is 0.319 e. The number of aromatic nitrogens is 2. The van der Waals surface area contributed by atoms with Gasteiger partial charge in [-0.2, -0.15) is 0 Å². The molecule has 0 spiro atoms. The van der Waals surface area contributed by atoms with E-state index in [1.54, 1.807) is 53.8 Å². The maximum atomic E-state index is 11.5. The van der Waals surface area contributed by atoms with Crippen molar-refractivity contribution in [3.8, 4) is 0 Å². The Labute approximate surface area is 119 Å². The second-order valence-electron chi connectivity index (χ2n) is 3.62. The lowest BCUT2D eigenvalue weighted by molar-refractivity contribution is 0.252. The van der Waals surface area contributed by atoms with Crippen molar-refractivity contribution < 1.29 is 4.79 Å². The van der Waals surface area contributed by atoms with Crippen molar-refractivity contribution >= 4 is 34.8 Å². The number of hydrogen-bond acceptors (Lipinski definition) is 5. The number of amides is 2. The van der Waals surface area contributed by atoms with Gasteiger partial charge in [-0.1, -0.05) is 11.8 Å². The minimum absolute atomic E-state index is 0.202. The fourth-order valence-corrected chi connectivity index (χ4v) is 2.97. The predicted octanol–water partition coefficient (Wildman–Crippen LogP) is 2.84. The molecule has 0 fully saturated rings. The van der Waals surface area contributed by atoms with E-state index in [4.69, 9.17) is 0 Å². The van der Waals surface area contributed by atoms with Gasteiger partial charge in [0.05, 0.1) is 11.9 Å². The second kappa shape index (κ2) is 7.75. The quantitative estimate of drug-likeness (QED) is 0.635. The van der Waals surface area contributed by atoms with E-state index in [0.717, 1.165) is 16.5 Å². The topological polar surface area (TPSA) is 66.9 Å². The average Bonchev–Trinajstić information content (AvgIpc) is 2.92. The van der Waals surface area contributed by atoms with Crippen molar-refractivity contribution in [1.82, 2.24) is 15.3 Å². The Bertz CT molecular complexity index is 490. The van der Waals surface area contributed by atoms with Gasteiger partial charge in [-0.25, -0.2) is 9.78 Å². The van der Waals surface area contributed by atoms with Crippen LogP contribution in [-0.2, 0) is 0 Å². The van der Waals surface area contributed by atoms with Crippen LogP contribution in [0.4, 0.5) is 10.5 Å². The van der Waals surface area contributed by atoms with E-state index >= 15 is 0 Å². The SMILES string of the molecule is O=C(NCCCSc1nccs1)Nc1cccnc1. The van der Waals surface area contributed by atoms with E-state index < -0.39 is 0 Å². The summed E-state index contributed by atoms with van der Waals surface area (Å²) in [6.07, 6.45) is 5.98. The van der Waals surface area contributed by atoms with Crippen LogP contribution in [-0.4, -0.2) is 28.3 Å². The Kier molecular flexibility index (Phi) is 5.64. The molecule has 0 atom stereocenters. The molecule has 0 aromatic carbocycles. The van der Waals surface area contributed by atoms with Crippen molar-refractivity contribution in [1.29, 1.82) is 0 Å². The number of carbonyl (C=O) groups excluding carboxylic acids is 1. The minimum Gasteiger partial charge on any atom is -0.338 e. The molecule has 2 N–H and O–H groups in total. The van der Waals surface area contributed by atoms with E-state index in [-0.39, 0.29) is 6.03 Å². The molecule has 2 heterocycles. The highest BCUT2D eigenvalue weighted by atomic mass is 32.2. The summed E-state index contributed by atoms with van der Waals surface area (Å²) >= 11 is 3.34. The summed E-state index contributed by atoms with van der Waals surface area (Å²) in [6, 6.07) is 3.37. The van der Waals surface area contributed by atoms with Gasteiger partial charge in [-0.3, -0.25) is 4.98 Å². The number of thiazole rings is 1. The van der Waals surface area contributed by atoms with E-state index in [9.17, 15) is 4.79 Å². The standard InChI is InChI=1S/C12H14N4OS2/c17-11(16-10-3-1-4-13-9-10)14-5-2-7-18-12-15-6-8-19-12/h1,3-4,6,8-9H,2,5,7H2,(H2,14,16,17). The van der Waals surface area contributed by atoms with Crippen molar-refractivity contribution in [2.75, 3.05) is 17.6 Å². The maximum absolute atomic E-state index is 11.5. The van der Waals surface area contributed by atoms with Gasteiger partial charge in [0.2, 0.25) is 0 Å². The molecule has 5 nitrogen and oxygen atoms in total. The Balaban J connectivity index is 1.57. The first-order valence-electron chi connectivity index (χ1n) is 5.82. The number of nitrogens with zero attached hydrogens (tertiary/aromatic N) is 2. The van der Waals surface area contributed by atoms with E-state index in [1.165, 1.54) is 0 Å². The molecule has 0 saturated heterocycles. The number of anilines is 1. The first-order chi connectivity index (χ1) is 9.34. The fourth-order valence-electron chi connectivity index (χ4n) is 1.33. The summed E-state index contributed by atoms with van der Waals surface area (Å²) in [4.78, 5) is 19.6. The molecule has 100 valence electrons. The van der Waals surface area contributed by atoms with E-state index in [2.05, 4.69) is 20.6 Å². The molecule has 0 aliphatic carbocycles. The van der Waals surface area contributed by atoms with Crippen LogP contribution < -0.4 is 10.6 Å². The van der Waals surface area contributed by atoms with Crippen LogP contribution in [0.3, 0.4) is 0 Å². The molecular weight excluding hydrogens is 280 g/mol. The third-order valence-corrected chi connectivity index (χ3v) is 4.21. The molecule has 2 aromatic rings. The summed E-state index contributed by atoms with van der Waals surface area (Å²) in [5.41, 5.74) is 0.692. The number of urea groups is 1. The average molecular weight is 294 g/mol. The normalized spacial score (nSPS) is 10.1. The molecule has 2 aromatic heterocycles. The molecule has 0 unspecified atom stereocenters. The van der Waals surface area contributed by atoms with Gasteiger partial charge in [0.25, 0.3) is 0 Å². The molecule has 19 heavy (non-hydrogen) atoms. The zero-order valence-electron chi connectivity index (χ0n) is 10.2. The van der Waals surface area contributed by atoms with Crippen LogP contribution in [0.15, 0.2) is 40.4 Å². The van der Waals surface area contributed by atoms with Crippen LogP contribution in [0.5, 0.6) is 0 Å². The Hall–Kier alpha value is -1.60. The van der Waals surface area contributed by atoms with Crippen molar-refractivity contribution in [2.24, 2.45) is 0 Å². The predicted molar refractivity (Wildman–Crippen MR) is 78.7 cm³/mol. The highest BCUT2D eigenvalue weighted by molar-refractivity contribution is 8.00. The van der Waals surface area contributed by atoms with Crippen LogP contribution in [0, 0.1) is 0 Å². The van der Waals surface area contributed by atoms with Crippen LogP contribution in [0.2, 0.25) is 0 Å². The van der Waals surface area contributed by atoms with Gasteiger partial charge in [-0.15, -0.1) is 11.3 Å². The molecule has 0 aliphatic heterocycles. The highest BCUT2D eigenvalue weighted by Gasteiger charge is 2.01. The Morgan fingerprint density at radius 1 is 1.42 bits per heavy atom. The summed E-state index contributed by atoms with van der Waals surface area (Å²) in [6.45, 7) is 0.643. The summed E-state index contributed by atoms with van der Waals surface area (Å²) in [5, 5.41) is 7.48. The number of pyridine rings is 1. The lowest BCUT2D eigenvalue weighted by Gasteiger charge is -2.06. The van der Waals surface area contributed by atoms with Gasteiger partial charge in [-0.05, 0) is 18.6 Å². The monoisotopic (exact) mass is 294 g/mol. The smallest absolute Gasteiger partial charge is 0.319 e. The zero-order valence-corrected chi connectivity index (χ0v) is 11.8. The summed E-state index contributed by atoms with van der Waals surface area (Å²) < 4.78 is 1.07. The third-order valence-electron chi connectivity index (χ3n) is 2.16. The van der Waals surface area contributed by atoms with Crippen molar-refractivity contribution in [2.45, 2.75) is 10.8 Å². The molecule has 0 bridgehead atoms. The van der Waals surface area contributed by atoms with E-state index in [1.807, 2.05) is 5.38 Å². The lowest BCUT2D eigenvalue weighted by atomic mass is 10.4. The second-order valence-corrected chi connectivity index (χ2v) is 5.86. The van der Waals surface area contributed by atoms with Crippen LogP contribution in [0.25, 0.3) is 0 Å². The van der Waals surface area contributed by atoms with Gasteiger partial charge < -0.3 is 10.6 Å².